The van der Waals surface area contributed by atoms with Gasteiger partial charge in [-0.2, -0.15) is 18.3 Å². The first-order valence-corrected chi connectivity index (χ1v) is 13.4. The number of anilines is 1. The van der Waals surface area contributed by atoms with E-state index >= 15 is 0 Å². The number of aryl methyl sites for hydroxylation is 3. The molecule has 2 amide bonds. The molecule has 2 aromatic heterocycles. The molecule has 1 saturated carbocycles. The topological polar surface area (TPSA) is 98.1 Å². The average Bonchev–Trinajstić information content (AvgIpc) is 3.49. The van der Waals surface area contributed by atoms with E-state index in [1.165, 1.54) is 36.4 Å². The molecule has 0 saturated heterocycles. The lowest BCUT2D eigenvalue weighted by Crippen LogP contribution is -2.41. The van der Waals surface area contributed by atoms with Gasteiger partial charge in [0.2, 0.25) is 0 Å². The Morgan fingerprint density at radius 3 is 2.82 bits per heavy atom. The molecular weight excluding hydrogens is 519 g/mol. The average molecular weight is 548 g/mol. The Morgan fingerprint density at radius 2 is 2.11 bits per heavy atom. The fraction of sp³-hybridized carbons (Fsp3) is 0.462. The van der Waals surface area contributed by atoms with E-state index in [1.807, 2.05) is 13.0 Å². The van der Waals surface area contributed by atoms with Crippen molar-refractivity contribution in [3.63, 3.8) is 0 Å². The molecule has 2 N–H and O–H groups in total. The van der Waals surface area contributed by atoms with Crippen LogP contribution in [0.1, 0.15) is 62.0 Å². The lowest BCUT2D eigenvalue weighted by molar-refractivity contribution is -0.153. The van der Waals surface area contributed by atoms with Gasteiger partial charge in [0.1, 0.15) is 22.0 Å². The van der Waals surface area contributed by atoms with E-state index in [-0.39, 0.29) is 23.6 Å². The molecular formula is C26H28F3N5O3S. The Kier molecular flexibility index (Phi) is 7.42. The van der Waals surface area contributed by atoms with Gasteiger partial charge in [-0.15, -0.1) is 11.3 Å². The van der Waals surface area contributed by atoms with Crippen molar-refractivity contribution in [3.05, 3.63) is 57.2 Å². The summed E-state index contributed by atoms with van der Waals surface area (Å²) in [6, 6.07) is 6.34. The fourth-order valence-corrected chi connectivity index (χ4v) is 5.21. The Labute approximate surface area is 221 Å². The zero-order valence-corrected chi connectivity index (χ0v) is 21.6. The van der Waals surface area contributed by atoms with Gasteiger partial charge in [-0.25, -0.2) is 9.67 Å². The van der Waals surface area contributed by atoms with Crippen molar-refractivity contribution in [2.24, 2.45) is 5.92 Å². The van der Waals surface area contributed by atoms with Gasteiger partial charge >= 0.3 is 6.18 Å². The number of aromatic nitrogens is 3. The first kappa shape index (κ1) is 26.2. The molecule has 1 aromatic carbocycles. The molecule has 3 heterocycles. The molecule has 1 aliphatic heterocycles. The van der Waals surface area contributed by atoms with Crippen LogP contribution in [0.15, 0.2) is 30.5 Å². The van der Waals surface area contributed by atoms with Crippen molar-refractivity contribution >= 4 is 29.0 Å². The first-order valence-electron chi connectivity index (χ1n) is 12.6. The minimum Gasteiger partial charge on any atom is -0.484 e. The monoisotopic (exact) mass is 547 g/mol. The molecule has 2 aliphatic rings. The standard InChI is InChI=1S/C26H28F3N5O3S/c1-15-30-13-21(38-15)24(35)32-23-22-20(33-34(23)10-9-16-5-6-16)12-18(31-25(22)36)8-7-17-3-2-4-19(11-17)37-14-26(27,28)29/h2-4,11,13,16,18H,5-10,12,14H2,1H3,(H,31,36)(H,32,35)/t18-/m0/s1. The van der Waals surface area contributed by atoms with Gasteiger partial charge in [0, 0.05) is 19.0 Å². The third kappa shape index (κ3) is 6.53. The van der Waals surface area contributed by atoms with Crippen molar-refractivity contribution in [3.8, 4) is 5.75 Å². The molecule has 8 nitrogen and oxygen atoms in total. The van der Waals surface area contributed by atoms with Crippen molar-refractivity contribution in [1.29, 1.82) is 0 Å². The lowest BCUT2D eigenvalue weighted by Gasteiger charge is -2.23. The molecule has 0 spiro atoms. The number of fused-ring (bicyclic) bond motifs is 1. The highest BCUT2D eigenvalue weighted by Gasteiger charge is 2.33. The van der Waals surface area contributed by atoms with Crippen LogP contribution >= 0.6 is 11.3 Å². The highest BCUT2D eigenvalue weighted by molar-refractivity contribution is 7.13. The van der Waals surface area contributed by atoms with Gasteiger partial charge in [0.05, 0.1) is 16.9 Å². The smallest absolute Gasteiger partial charge is 0.422 e. The number of carbonyl (C=O) groups excluding carboxylic acids is 2. The van der Waals surface area contributed by atoms with Gasteiger partial charge < -0.3 is 15.4 Å². The number of nitrogens with zero attached hydrogens (tertiary/aromatic N) is 3. The van der Waals surface area contributed by atoms with E-state index in [0.29, 0.717) is 53.7 Å². The number of hydrogen-bond donors (Lipinski definition) is 2. The normalized spacial score (nSPS) is 17.2. The van der Waals surface area contributed by atoms with Gasteiger partial charge in [0.15, 0.2) is 6.61 Å². The maximum atomic E-state index is 13.2. The van der Waals surface area contributed by atoms with Crippen LogP contribution in [0, 0.1) is 12.8 Å². The molecule has 12 heteroatoms. The summed E-state index contributed by atoms with van der Waals surface area (Å²) in [4.78, 5) is 30.7. The number of ether oxygens (including phenoxy) is 1. The summed E-state index contributed by atoms with van der Waals surface area (Å²) in [5.74, 6) is 0.588. The summed E-state index contributed by atoms with van der Waals surface area (Å²) in [6.07, 6.45) is 2.03. The lowest BCUT2D eigenvalue weighted by atomic mass is 9.96. The molecule has 202 valence electrons. The Hall–Kier alpha value is -3.41. The number of carbonyl (C=O) groups is 2. The van der Waals surface area contributed by atoms with Crippen LogP contribution in [0.2, 0.25) is 0 Å². The molecule has 1 fully saturated rings. The maximum absolute atomic E-state index is 13.2. The van der Waals surface area contributed by atoms with E-state index in [1.54, 1.807) is 16.8 Å². The second-order valence-corrected chi connectivity index (χ2v) is 11.0. The van der Waals surface area contributed by atoms with E-state index < -0.39 is 12.8 Å². The number of halogens is 3. The molecule has 0 radical (unpaired) electrons. The predicted octanol–water partition coefficient (Wildman–Crippen LogP) is 4.93. The zero-order valence-electron chi connectivity index (χ0n) is 20.8. The van der Waals surface area contributed by atoms with E-state index in [2.05, 4.69) is 15.6 Å². The summed E-state index contributed by atoms with van der Waals surface area (Å²) < 4.78 is 44.0. The van der Waals surface area contributed by atoms with E-state index in [9.17, 15) is 22.8 Å². The minimum absolute atomic E-state index is 0.153. The number of thiazole rings is 1. The Balaban J connectivity index is 1.28. The largest absolute Gasteiger partial charge is 0.484 e. The van der Waals surface area contributed by atoms with Crippen LogP contribution < -0.4 is 15.4 Å². The van der Waals surface area contributed by atoms with Crippen LogP contribution in [-0.2, 0) is 19.4 Å². The summed E-state index contributed by atoms with van der Waals surface area (Å²) in [5, 5.41) is 11.4. The third-order valence-corrected chi connectivity index (χ3v) is 7.54. The van der Waals surface area contributed by atoms with Crippen LogP contribution in [0.4, 0.5) is 19.0 Å². The summed E-state index contributed by atoms with van der Waals surface area (Å²) in [5.41, 5.74) is 1.83. The second-order valence-electron chi connectivity index (χ2n) is 9.79. The number of hydrogen-bond acceptors (Lipinski definition) is 6. The van der Waals surface area contributed by atoms with E-state index in [0.717, 1.165) is 17.0 Å². The summed E-state index contributed by atoms with van der Waals surface area (Å²) in [7, 11) is 0. The van der Waals surface area contributed by atoms with Gasteiger partial charge in [-0.05, 0) is 49.8 Å². The van der Waals surface area contributed by atoms with Crippen molar-refractivity contribution in [1.82, 2.24) is 20.1 Å². The van der Waals surface area contributed by atoms with Crippen LogP contribution in [0.5, 0.6) is 5.75 Å². The van der Waals surface area contributed by atoms with Crippen LogP contribution in [-0.4, -0.2) is 45.4 Å². The molecule has 1 aliphatic carbocycles. The molecule has 0 bridgehead atoms. The van der Waals surface area contributed by atoms with Gasteiger partial charge in [0.25, 0.3) is 11.8 Å². The Morgan fingerprint density at radius 1 is 1.29 bits per heavy atom. The van der Waals surface area contributed by atoms with Crippen molar-refractivity contribution in [2.75, 3.05) is 11.9 Å². The number of nitrogens with one attached hydrogen (secondary N) is 2. The fourth-order valence-electron chi connectivity index (χ4n) is 4.54. The Bertz CT molecular complexity index is 1330. The highest BCUT2D eigenvalue weighted by Crippen LogP contribution is 2.34. The van der Waals surface area contributed by atoms with Gasteiger partial charge in [-0.1, -0.05) is 25.0 Å². The van der Waals surface area contributed by atoms with Crippen LogP contribution in [0.3, 0.4) is 0 Å². The van der Waals surface area contributed by atoms with Gasteiger partial charge in [-0.3, -0.25) is 9.59 Å². The first-order chi connectivity index (χ1) is 18.1. The zero-order chi connectivity index (χ0) is 26.9. The van der Waals surface area contributed by atoms with Crippen molar-refractivity contribution < 1.29 is 27.5 Å². The molecule has 3 aromatic rings. The predicted molar refractivity (Wildman–Crippen MR) is 136 cm³/mol. The van der Waals surface area contributed by atoms with Crippen molar-refractivity contribution in [2.45, 2.75) is 64.2 Å². The number of rotatable bonds is 10. The molecule has 0 unspecified atom stereocenters. The number of alkyl halides is 3. The molecule has 5 rings (SSSR count). The number of amides is 2. The summed E-state index contributed by atoms with van der Waals surface area (Å²) >= 11 is 1.28. The third-order valence-electron chi connectivity index (χ3n) is 6.63. The molecule has 38 heavy (non-hydrogen) atoms. The van der Waals surface area contributed by atoms with E-state index in [4.69, 9.17) is 9.84 Å². The molecule has 1 atom stereocenters. The second kappa shape index (κ2) is 10.8. The minimum atomic E-state index is -4.40. The SMILES string of the molecule is Cc1ncc(C(=O)Nc2c3c(nn2CCC2CC2)C[C@H](CCc2cccc(OCC(F)(F)F)c2)NC3=O)s1. The highest BCUT2D eigenvalue weighted by atomic mass is 32.1. The quantitative estimate of drug-likeness (QED) is 0.375. The maximum Gasteiger partial charge on any atom is 0.422 e. The summed E-state index contributed by atoms with van der Waals surface area (Å²) in [6.45, 7) is 1.09. The number of benzene rings is 1. The van der Waals surface area contributed by atoms with Crippen LogP contribution in [0.25, 0.3) is 0 Å².